The highest BCUT2D eigenvalue weighted by atomic mass is 32.1. The molecule has 4 amide bonds. The highest BCUT2D eigenvalue weighted by molar-refractivity contribution is 7.09. The predicted molar refractivity (Wildman–Crippen MR) is 213 cm³/mol. The van der Waals surface area contributed by atoms with Gasteiger partial charge in [-0.15, -0.1) is 11.3 Å². The van der Waals surface area contributed by atoms with E-state index in [0.29, 0.717) is 32.7 Å². The average Bonchev–Trinajstić information content (AvgIpc) is 3.70. The molecule has 55 heavy (non-hydrogen) atoms. The first-order valence-corrected chi connectivity index (χ1v) is 19.8. The van der Waals surface area contributed by atoms with Gasteiger partial charge in [0, 0.05) is 43.9 Å². The van der Waals surface area contributed by atoms with Crippen molar-refractivity contribution < 1.29 is 33.8 Å². The molecule has 1 aliphatic rings. The standard InChI is InChI=1S/C42H53N5O7S/c1-29(2)24-35(38(48)27-39(49)43-17-18-47-19-21-53-22-20-47)44-41(51)37(26-33-15-9-23-55-33)45-40(50)36(46-42(52)54-28-30-10-4-3-5-11-30)25-32-14-8-13-31-12-6-7-16-34(31)32/h3-16,23,29,35-38,48H,17-22,24-28H2,1-2H3,(H,43,49)(H,44,51)(H,45,50)(H,46,52)/t35?,36-,37-,38?/m0/s1. The van der Waals surface area contributed by atoms with Crippen molar-refractivity contribution in [3.05, 3.63) is 106 Å². The van der Waals surface area contributed by atoms with Gasteiger partial charge in [0.2, 0.25) is 17.7 Å². The molecule has 4 aromatic rings. The maximum atomic E-state index is 14.2. The number of hydrogen-bond donors (Lipinski definition) is 5. The van der Waals surface area contributed by atoms with Gasteiger partial charge >= 0.3 is 6.09 Å². The second kappa shape index (κ2) is 21.3. The van der Waals surface area contributed by atoms with E-state index in [1.807, 2.05) is 104 Å². The number of aliphatic hydroxyl groups is 1. The van der Waals surface area contributed by atoms with Gasteiger partial charge in [-0.1, -0.05) is 92.7 Å². The second-order valence-corrected chi connectivity index (χ2v) is 15.3. The van der Waals surface area contributed by atoms with Gasteiger partial charge in [0.1, 0.15) is 18.7 Å². The molecule has 0 radical (unpaired) electrons. The summed E-state index contributed by atoms with van der Waals surface area (Å²) in [6.07, 6.45) is -1.39. The number of ether oxygens (including phenoxy) is 2. The zero-order valence-electron chi connectivity index (χ0n) is 31.6. The normalized spacial score (nSPS) is 15.4. The van der Waals surface area contributed by atoms with Crippen LogP contribution < -0.4 is 21.3 Å². The molecule has 294 valence electrons. The largest absolute Gasteiger partial charge is 0.445 e. The second-order valence-electron chi connectivity index (χ2n) is 14.3. The maximum Gasteiger partial charge on any atom is 0.408 e. The monoisotopic (exact) mass is 771 g/mol. The average molecular weight is 772 g/mol. The van der Waals surface area contributed by atoms with Crippen molar-refractivity contribution in [2.45, 2.75) is 70.4 Å². The molecule has 0 bridgehead atoms. The lowest BCUT2D eigenvalue weighted by molar-refractivity contribution is -0.131. The van der Waals surface area contributed by atoms with E-state index in [9.17, 15) is 24.3 Å². The summed E-state index contributed by atoms with van der Waals surface area (Å²) < 4.78 is 10.9. The maximum absolute atomic E-state index is 14.2. The van der Waals surface area contributed by atoms with E-state index in [0.717, 1.165) is 39.9 Å². The van der Waals surface area contributed by atoms with Crippen LogP contribution in [0.5, 0.6) is 0 Å². The summed E-state index contributed by atoms with van der Waals surface area (Å²) in [5.41, 5.74) is 1.63. The summed E-state index contributed by atoms with van der Waals surface area (Å²) in [6.45, 7) is 8.03. The van der Waals surface area contributed by atoms with Gasteiger partial charge in [-0.05, 0) is 45.7 Å². The minimum atomic E-state index is -1.16. The van der Waals surface area contributed by atoms with E-state index in [1.165, 1.54) is 11.3 Å². The van der Waals surface area contributed by atoms with Crippen LogP contribution in [0.1, 0.15) is 42.7 Å². The predicted octanol–water partition coefficient (Wildman–Crippen LogP) is 4.20. The molecule has 5 rings (SSSR count). The van der Waals surface area contributed by atoms with Gasteiger partial charge in [-0.2, -0.15) is 0 Å². The molecule has 1 aliphatic heterocycles. The van der Waals surface area contributed by atoms with Crippen LogP contribution in [0.3, 0.4) is 0 Å². The molecular weight excluding hydrogens is 719 g/mol. The molecule has 1 fully saturated rings. The van der Waals surface area contributed by atoms with Crippen molar-refractivity contribution in [3.8, 4) is 0 Å². The number of carbonyl (C=O) groups is 4. The molecule has 1 saturated heterocycles. The minimum absolute atomic E-state index is 0.0180. The van der Waals surface area contributed by atoms with Gasteiger partial charge in [-0.25, -0.2) is 4.79 Å². The Labute approximate surface area is 327 Å². The summed E-state index contributed by atoms with van der Waals surface area (Å²) in [5.74, 6) is -1.30. The van der Waals surface area contributed by atoms with Crippen LogP contribution >= 0.6 is 11.3 Å². The third-order valence-corrected chi connectivity index (χ3v) is 10.4. The number of morpholine rings is 1. The lowest BCUT2D eigenvalue weighted by Crippen LogP contribution is -2.57. The van der Waals surface area contributed by atoms with E-state index < -0.39 is 42.1 Å². The van der Waals surface area contributed by atoms with Crippen molar-refractivity contribution in [1.82, 2.24) is 26.2 Å². The van der Waals surface area contributed by atoms with E-state index in [1.54, 1.807) is 0 Å². The molecule has 12 nitrogen and oxygen atoms in total. The third-order valence-electron chi connectivity index (χ3n) is 9.51. The van der Waals surface area contributed by atoms with Gasteiger partial charge in [-0.3, -0.25) is 19.3 Å². The van der Waals surface area contributed by atoms with Crippen LogP contribution in [0.4, 0.5) is 4.79 Å². The molecule has 0 aliphatic carbocycles. The number of amides is 4. The number of carbonyl (C=O) groups excluding carboxylic acids is 4. The SMILES string of the molecule is CC(C)CC(NC(=O)[C@H](Cc1cccs1)NC(=O)[C@H](Cc1cccc2ccccc12)NC(=O)OCc1ccccc1)C(O)CC(=O)NCCN1CCOCC1. The molecule has 5 N–H and O–H groups in total. The Hall–Kier alpha value is -4.82. The highest BCUT2D eigenvalue weighted by Crippen LogP contribution is 2.21. The number of benzene rings is 3. The Morgan fingerprint density at radius 2 is 1.55 bits per heavy atom. The number of nitrogens with one attached hydrogen (secondary N) is 4. The first-order valence-electron chi connectivity index (χ1n) is 19.0. The molecule has 2 heterocycles. The first-order chi connectivity index (χ1) is 26.6. The van der Waals surface area contributed by atoms with Crippen LogP contribution in [0, 0.1) is 5.92 Å². The molecule has 13 heteroatoms. The Morgan fingerprint density at radius 3 is 2.29 bits per heavy atom. The van der Waals surface area contributed by atoms with E-state index in [-0.39, 0.29) is 37.7 Å². The summed E-state index contributed by atoms with van der Waals surface area (Å²) in [6, 6.07) is 23.7. The number of rotatable bonds is 19. The van der Waals surface area contributed by atoms with Crippen molar-refractivity contribution in [3.63, 3.8) is 0 Å². The Bertz CT molecular complexity index is 1810. The van der Waals surface area contributed by atoms with Crippen LogP contribution in [-0.2, 0) is 43.3 Å². The topological polar surface area (TPSA) is 158 Å². The number of alkyl carbamates (subject to hydrolysis) is 1. The van der Waals surface area contributed by atoms with Crippen LogP contribution in [0.2, 0.25) is 0 Å². The molecule has 0 saturated carbocycles. The van der Waals surface area contributed by atoms with Crippen LogP contribution in [0.25, 0.3) is 10.8 Å². The molecule has 3 aromatic carbocycles. The summed E-state index contributed by atoms with van der Waals surface area (Å²) in [7, 11) is 0. The Kier molecular flexibility index (Phi) is 16.0. The molecule has 0 spiro atoms. The third kappa shape index (κ3) is 13.5. The van der Waals surface area contributed by atoms with Gasteiger partial charge in [0.05, 0.1) is 31.8 Å². The lowest BCUT2D eigenvalue weighted by Gasteiger charge is -2.29. The zero-order chi connectivity index (χ0) is 39.0. The lowest BCUT2D eigenvalue weighted by atomic mass is 9.96. The van der Waals surface area contributed by atoms with Crippen molar-refractivity contribution in [2.75, 3.05) is 39.4 Å². The summed E-state index contributed by atoms with van der Waals surface area (Å²) in [5, 5.41) is 26.6. The Morgan fingerprint density at radius 1 is 0.836 bits per heavy atom. The summed E-state index contributed by atoms with van der Waals surface area (Å²) in [4.78, 5) is 57.4. The fourth-order valence-corrected chi connectivity index (χ4v) is 7.36. The van der Waals surface area contributed by atoms with Crippen molar-refractivity contribution in [2.24, 2.45) is 5.92 Å². The molecule has 1 aromatic heterocycles. The quantitative estimate of drug-likeness (QED) is 0.0950. The number of nitrogens with zero attached hydrogens (tertiary/aromatic N) is 1. The van der Waals surface area contributed by atoms with Crippen LogP contribution in [-0.4, -0.2) is 97.4 Å². The molecule has 4 atom stereocenters. The van der Waals surface area contributed by atoms with E-state index in [4.69, 9.17) is 9.47 Å². The number of hydrogen-bond acceptors (Lipinski definition) is 9. The van der Waals surface area contributed by atoms with Gasteiger partial charge in [0.25, 0.3) is 0 Å². The zero-order valence-corrected chi connectivity index (χ0v) is 32.4. The smallest absolute Gasteiger partial charge is 0.408 e. The highest BCUT2D eigenvalue weighted by Gasteiger charge is 2.32. The van der Waals surface area contributed by atoms with Crippen molar-refractivity contribution in [1.29, 1.82) is 0 Å². The number of fused-ring (bicyclic) bond motifs is 1. The molecular formula is C42H53N5O7S. The number of thiophene rings is 1. The van der Waals surface area contributed by atoms with E-state index >= 15 is 0 Å². The summed E-state index contributed by atoms with van der Waals surface area (Å²) >= 11 is 1.45. The van der Waals surface area contributed by atoms with E-state index in [2.05, 4.69) is 26.2 Å². The number of aliphatic hydroxyl groups excluding tert-OH is 1. The first kappa shape index (κ1) is 41.3. The molecule has 2 unspecified atom stereocenters. The minimum Gasteiger partial charge on any atom is -0.445 e. The Balaban J connectivity index is 1.29. The van der Waals surface area contributed by atoms with Gasteiger partial charge < -0.3 is 35.8 Å². The van der Waals surface area contributed by atoms with Crippen LogP contribution in [0.15, 0.2) is 90.3 Å². The fraction of sp³-hybridized carbons (Fsp3) is 0.429. The fourth-order valence-electron chi connectivity index (χ4n) is 6.60. The van der Waals surface area contributed by atoms with Gasteiger partial charge in [0.15, 0.2) is 0 Å². The van der Waals surface area contributed by atoms with Crippen molar-refractivity contribution >= 4 is 45.9 Å².